The van der Waals surface area contributed by atoms with Gasteiger partial charge in [-0.1, -0.05) is 6.42 Å². The van der Waals surface area contributed by atoms with E-state index >= 15 is 0 Å². The van der Waals surface area contributed by atoms with E-state index in [2.05, 4.69) is 0 Å². The molecule has 4 nitrogen and oxygen atoms in total. The molecule has 0 aliphatic carbocycles. The first-order chi connectivity index (χ1) is 9.33. The maximum absolute atomic E-state index is 13.4. The first kappa shape index (κ1) is 18.5. The number of likely N-dealkylation sites (tertiary alicyclic amines) is 1. The summed E-state index contributed by atoms with van der Waals surface area (Å²) in [5.74, 6) is -11.5. The standard InChI is InChI=1S/C10H15F6NO3S/c11-8(12,4-7-17-5-2-1-3-6-17)9(13,14)10(15,16)21(18,19)20/h1-7H2,(H,18,19,20). The average Bonchev–Trinajstić information content (AvgIpc) is 2.36. The lowest BCUT2D eigenvalue weighted by Crippen LogP contribution is -2.58. The van der Waals surface area contributed by atoms with E-state index in [1.165, 1.54) is 4.90 Å². The maximum atomic E-state index is 13.4. The van der Waals surface area contributed by atoms with Crippen molar-refractivity contribution >= 4 is 10.1 Å². The molecule has 1 saturated heterocycles. The summed E-state index contributed by atoms with van der Waals surface area (Å²) in [5, 5.41) is -6.26. The number of piperidine rings is 1. The Labute approximate surface area is 117 Å². The lowest BCUT2D eigenvalue weighted by molar-refractivity contribution is -0.283. The van der Waals surface area contributed by atoms with Gasteiger partial charge in [0.25, 0.3) is 0 Å². The molecular formula is C10H15F6NO3S. The molecule has 1 N–H and O–H groups in total. The van der Waals surface area contributed by atoms with Crippen molar-refractivity contribution in [1.29, 1.82) is 0 Å². The fraction of sp³-hybridized carbons (Fsp3) is 1.00. The molecule has 0 radical (unpaired) electrons. The normalized spacial score (nSPS) is 19.8. The molecular weight excluding hydrogens is 328 g/mol. The van der Waals surface area contributed by atoms with E-state index in [0.717, 1.165) is 6.42 Å². The molecule has 0 unspecified atom stereocenters. The number of halogens is 6. The van der Waals surface area contributed by atoms with Gasteiger partial charge in [0, 0.05) is 13.0 Å². The summed E-state index contributed by atoms with van der Waals surface area (Å²) in [7, 11) is -6.66. The minimum atomic E-state index is -6.66. The van der Waals surface area contributed by atoms with Crippen LogP contribution in [0.15, 0.2) is 0 Å². The van der Waals surface area contributed by atoms with Crippen molar-refractivity contribution < 1.29 is 39.3 Å². The molecule has 1 aliphatic heterocycles. The van der Waals surface area contributed by atoms with Crippen molar-refractivity contribution in [3.8, 4) is 0 Å². The fourth-order valence-corrected chi connectivity index (χ4v) is 2.49. The van der Waals surface area contributed by atoms with Gasteiger partial charge in [-0.3, -0.25) is 4.55 Å². The first-order valence-electron chi connectivity index (χ1n) is 6.16. The summed E-state index contributed by atoms with van der Waals surface area (Å²) in [4.78, 5) is 1.42. The number of rotatable bonds is 6. The van der Waals surface area contributed by atoms with Gasteiger partial charge in [-0.2, -0.15) is 34.8 Å². The minimum Gasteiger partial charge on any atom is -0.303 e. The molecule has 11 heteroatoms. The lowest BCUT2D eigenvalue weighted by Gasteiger charge is -2.33. The Kier molecular flexibility index (Phi) is 5.21. The van der Waals surface area contributed by atoms with E-state index in [0.29, 0.717) is 25.9 Å². The van der Waals surface area contributed by atoms with Crippen LogP contribution in [0.2, 0.25) is 0 Å². The van der Waals surface area contributed by atoms with Gasteiger partial charge in [-0.05, 0) is 25.9 Å². The van der Waals surface area contributed by atoms with Gasteiger partial charge in [0.15, 0.2) is 0 Å². The zero-order chi connectivity index (χ0) is 16.5. The summed E-state index contributed by atoms with van der Waals surface area (Å²) in [6, 6.07) is 0. The highest BCUT2D eigenvalue weighted by Crippen LogP contribution is 2.49. The van der Waals surface area contributed by atoms with Crippen LogP contribution < -0.4 is 0 Å². The monoisotopic (exact) mass is 343 g/mol. The molecule has 0 saturated carbocycles. The Morgan fingerprint density at radius 3 is 1.86 bits per heavy atom. The summed E-state index contributed by atoms with van der Waals surface area (Å²) >= 11 is 0. The topological polar surface area (TPSA) is 57.6 Å². The molecule has 0 aromatic carbocycles. The molecule has 1 fully saturated rings. The van der Waals surface area contributed by atoms with Crippen LogP contribution in [0.5, 0.6) is 0 Å². The molecule has 1 heterocycles. The Hall–Kier alpha value is -0.550. The van der Waals surface area contributed by atoms with Crippen molar-refractivity contribution in [3.05, 3.63) is 0 Å². The summed E-state index contributed by atoms with van der Waals surface area (Å²) < 4.78 is 107. The molecule has 0 aromatic rings. The molecule has 0 bridgehead atoms. The van der Waals surface area contributed by atoms with Crippen LogP contribution in [0.3, 0.4) is 0 Å². The van der Waals surface area contributed by atoms with Crippen molar-refractivity contribution in [2.75, 3.05) is 19.6 Å². The van der Waals surface area contributed by atoms with E-state index in [1.54, 1.807) is 0 Å². The molecule has 126 valence electrons. The Morgan fingerprint density at radius 2 is 1.43 bits per heavy atom. The fourth-order valence-electron chi connectivity index (χ4n) is 2.01. The third-order valence-electron chi connectivity index (χ3n) is 3.34. The van der Waals surface area contributed by atoms with Crippen LogP contribution in [-0.4, -0.2) is 54.6 Å². The molecule has 0 aromatic heterocycles. The SMILES string of the molecule is O=S(=O)(O)C(F)(F)C(F)(F)C(F)(F)CCN1CCCCC1. The van der Waals surface area contributed by atoms with E-state index in [4.69, 9.17) is 4.55 Å². The van der Waals surface area contributed by atoms with Gasteiger partial charge >= 0.3 is 27.2 Å². The predicted molar refractivity (Wildman–Crippen MR) is 61.3 cm³/mol. The highest BCUT2D eigenvalue weighted by atomic mass is 32.2. The largest absolute Gasteiger partial charge is 0.437 e. The smallest absolute Gasteiger partial charge is 0.303 e. The second-order valence-electron chi connectivity index (χ2n) is 4.92. The quantitative estimate of drug-likeness (QED) is 0.595. The third-order valence-corrected chi connectivity index (χ3v) is 4.24. The molecule has 21 heavy (non-hydrogen) atoms. The van der Waals surface area contributed by atoms with Crippen LogP contribution in [0.1, 0.15) is 25.7 Å². The van der Waals surface area contributed by atoms with Gasteiger partial charge in [0.05, 0.1) is 0 Å². The Morgan fingerprint density at radius 1 is 0.952 bits per heavy atom. The van der Waals surface area contributed by atoms with Gasteiger partial charge in [-0.25, -0.2) is 0 Å². The van der Waals surface area contributed by atoms with E-state index in [-0.39, 0.29) is 0 Å². The second-order valence-corrected chi connectivity index (χ2v) is 6.39. The zero-order valence-electron chi connectivity index (χ0n) is 10.8. The molecule has 1 rings (SSSR count). The minimum absolute atomic E-state index is 0.385. The van der Waals surface area contributed by atoms with Crippen LogP contribution in [0.4, 0.5) is 26.3 Å². The molecule has 0 spiro atoms. The maximum Gasteiger partial charge on any atom is 0.437 e. The van der Waals surface area contributed by atoms with E-state index < -0.39 is 40.2 Å². The van der Waals surface area contributed by atoms with Gasteiger partial charge < -0.3 is 4.90 Å². The summed E-state index contributed by atoms with van der Waals surface area (Å²) in [5.41, 5.74) is 0. The second kappa shape index (κ2) is 5.92. The van der Waals surface area contributed by atoms with Crippen LogP contribution in [-0.2, 0) is 10.1 Å². The van der Waals surface area contributed by atoms with Gasteiger partial charge in [0.2, 0.25) is 0 Å². The van der Waals surface area contributed by atoms with Crippen LogP contribution >= 0.6 is 0 Å². The highest BCUT2D eigenvalue weighted by molar-refractivity contribution is 7.87. The van der Waals surface area contributed by atoms with Crippen molar-refractivity contribution in [2.45, 2.75) is 42.8 Å². The number of alkyl halides is 6. The molecule has 1 aliphatic rings. The Balaban J connectivity index is 2.83. The first-order valence-corrected chi connectivity index (χ1v) is 7.60. The third kappa shape index (κ3) is 3.62. The number of hydrogen-bond donors (Lipinski definition) is 1. The van der Waals surface area contributed by atoms with Crippen molar-refractivity contribution in [3.63, 3.8) is 0 Å². The van der Waals surface area contributed by atoms with E-state index in [9.17, 15) is 34.8 Å². The summed E-state index contributed by atoms with van der Waals surface area (Å²) in [6.45, 7) is 0.205. The summed E-state index contributed by atoms with van der Waals surface area (Å²) in [6.07, 6.45) is 0.598. The van der Waals surface area contributed by atoms with Crippen LogP contribution in [0.25, 0.3) is 0 Å². The van der Waals surface area contributed by atoms with E-state index in [1.807, 2.05) is 0 Å². The average molecular weight is 343 g/mol. The number of hydrogen-bond acceptors (Lipinski definition) is 3. The zero-order valence-corrected chi connectivity index (χ0v) is 11.7. The van der Waals surface area contributed by atoms with Gasteiger partial charge in [-0.15, -0.1) is 0 Å². The number of nitrogens with zero attached hydrogens (tertiary/aromatic N) is 1. The van der Waals surface area contributed by atoms with Crippen LogP contribution in [0, 0.1) is 0 Å². The van der Waals surface area contributed by atoms with Gasteiger partial charge in [0.1, 0.15) is 0 Å². The van der Waals surface area contributed by atoms with Crippen molar-refractivity contribution in [2.24, 2.45) is 0 Å². The molecule has 0 atom stereocenters. The van der Waals surface area contributed by atoms with Crippen molar-refractivity contribution in [1.82, 2.24) is 4.90 Å². The lowest BCUT2D eigenvalue weighted by atomic mass is 10.1. The highest BCUT2D eigenvalue weighted by Gasteiger charge is 2.76. The predicted octanol–water partition coefficient (Wildman–Crippen LogP) is 2.61. The molecule has 0 amide bonds. The Bertz CT molecular complexity index is 461.